The molecule has 1 N–H and O–H groups in total. The molecule has 1 atom stereocenters. The van der Waals surface area contributed by atoms with Gasteiger partial charge < -0.3 is 29.3 Å². The average Bonchev–Trinajstić information content (AvgIpc) is 3.03. The van der Waals surface area contributed by atoms with Crippen LogP contribution in [0.1, 0.15) is 6.42 Å². The van der Waals surface area contributed by atoms with Crippen molar-refractivity contribution in [1.29, 1.82) is 0 Å². The van der Waals surface area contributed by atoms with Crippen LogP contribution in [-0.4, -0.2) is 103 Å². The van der Waals surface area contributed by atoms with E-state index in [2.05, 4.69) is 15.2 Å². The highest BCUT2D eigenvalue weighted by atomic mass is 16.5. The summed E-state index contributed by atoms with van der Waals surface area (Å²) < 4.78 is 15.7. The fraction of sp³-hybridized carbons (Fsp3) is 0.875. The van der Waals surface area contributed by atoms with Crippen LogP contribution >= 0.6 is 0 Å². The average molecular weight is 344 g/mol. The molecular formula is C16H32N4O4. The predicted octanol–water partition coefficient (Wildman–Crippen LogP) is -0.348. The maximum absolute atomic E-state index is 11.8. The number of likely N-dealkylation sites (tertiary alicyclic amines) is 1. The summed E-state index contributed by atoms with van der Waals surface area (Å²) in [6.07, 6.45) is 1.06. The quantitative estimate of drug-likeness (QED) is 0.332. The second kappa shape index (κ2) is 12.0. The fourth-order valence-electron chi connectivity index (χ4n) is 2.37. The van der Waals surface area contributed by atoms with Crippen LogP contribution in [0.5, 0.6) is 0 Å². The lowest BCUT2D eigenvalue weighted by Gasteiger charge is -2.22. The number of carbonyl (C=O) groups excluding carboxylic acids is 1. The number of guanidine groups is 1. The van der Waals surface area contributed by atoms with E-state index in [1.165, 1.54) is 0 Å². The summed E-state index contributed by atoms with van der Waals surface area (Å²) >= 11 is 0. The van der Waals surface area contributed by atoms with Crippen molar-refractivity contribution in [2.45, 2.75) is 6.42 Å². The van der Waals surface area contributed by atoms with Gasteiger partial charge in [0, 0.05) is 53.9 Å². The number of methoxy groups -OCH3 is 2. The Morgan fingerprint density at radius 1 is 1.25 bits per heavy atom. The molecule has 0 aromatic rings. The van der Waals surface area contributed by atoms with Crippen LogP contribution in [0.2, 0.25) is 0 Å². The highest BCUT2D eigenvalue weighted by Gasteiger charge is 2.25. The number of ether oxygens (including phenoxy) is 3. The van der Waals surface area contributed by atoms with Gasteiger partial charge in [-0.25, -0.2) is 4.99 Å². The van der Waals surface area contributed by atoms with Crippen molar-refractivity contribution in [3.05, 3.63) is 0 Å². The maximum Gasteiger partial charge on any atom is 0.243 e. The van der Waals surface area contributed by atoms with E-state index in [0.29, 0.717) is 32.3 Å². The van der Waals surface area contributed by atoms with Gasteiger partial charge in [0.25, 0.3) is 0 Å². The summed E-state index contributed by atoms with van der Waals surface area (Å²) in [5, 5.41) is 3.27. The van der Waals surface area contributed by atoms with Gasteiger partial charge >= 0.3 is 0 Å². The van der Waals surface area contributed by atoms with E-state index in [0.717, 1.165) is 32.1 Å². The number of aliphatic imine (C=N–C) groups is 1. The standard InChI is InChI=1S/C16H32N4O4/c1-19(2)15(21)11-18-16(17-6-8-22-3)20-7-5-14(12-20)13-24-10-9-23-4/h14H,5-13H2,1-4H3,(H,17,18). The number of amides is 1. The van der Waals surface area contributed by atoms with E-state index in [4.69, 9.17) is 14.2 Å². The largest absolute Gasteiger partial charge is 0.383 e. The van der Waals surface area contributed by atoms with Crippen molar-refractivity contribution in [3.8, 4) is 0 Å². The molecule has 1 unspecified atom stereocenters. The Labute approximate surface area is 145 Å². The Balaban J connectivity index is 2.50. The number of hydrogen-bond donors (Lipinski definition) is 1. The first kappa shape index (κ1) is 20.7. The van der Waals surface area contributed by atoms with Gasteiger partial charge in [-0.05, 0) is 6.42 Å². The van der Waals surface area contributed by atoms with E-state index in [1.54, 1.807) is 33.2 Å². The first-order valence-electron chi connectivity index (χ1n) is 8.37. The molecule has 1 aliphatic heterocycles. The third-order valence-corrected chi connectivity index (χ3v) is 3.82. The van der Waals surface area contributed by atoms with Crippen molar-refractivity contribution in [2.75, 3.05) is 80.9 Å². The molecular weight excluding hydrogens is 312 g/mol. The van der Waals surface area contributed by atoms with Gasteiger partial charge in [-0.3, -0.25) is 4.79 Å². The van der Waals surface area contributed by atoms with Crippen LogP contribution in [0.15, 0.2) is 4.99 Å². The minimum atomic E-state index is -0.0142. The van der Waals surface area contributed by atoms with Crippen molar-refractivity contribution < 1.29 is 19.0 Å². The van der Waals surface area contributed by atoms with E-state index in [9.17, 15) is 4.79 Å². The molecule has 0 spiro atoms. The smallest absolute Gasteiger partial charge is 0.243 e. The Morgan fingerprint density at radius 3 is 2.67 bits per heavy atom. The zero-order valence-electron chi connectivity index (χ0n) is 15.4. The van der Waals surface area contributed by atoms with Crippen LogP contribution in [0.25, 0.3) is 0 Å². The maximum atomic E-state index is 11.8. The highest BCUT2D eigenvalue weighted by Crippen LogP contribution is 2.16. The SMILES string of the molecule is COCCNC(=NCC(=O)N(C)C)N1CCC(COCCOC)C1. The lowest BCUT2D eigenvalue weighted by molar-refractivity contribution is -0.127. The van der Waals surface area contributed by atoms with Crippen LogP contribution < -0.4 is 5.32 Å². The summed E-state index contributed by atoms with van der Waals surface area (Å²) in [6, 6.07) is 0. The van der Waals surface area contributed by atoms with Gasteiger partial charge in [0.05, 0.1) is 26.4 Å². The molecule has 1 amide bonds. The predicted molar refractivity (Wildman–Crippen MR) is 93.2 cm³/mol. The normalized spacial score (nSPS) is 18.1. The third kappa shape index (κ3) is 7.94. The molecule has 1 fully saturated rings. The molecule has 8 nitrogen and oxygen atoms in total. The molecule has 1 rings (SSSR count). The van der Waals surface area contributed by atoms with Crippen molar-refractivity contribution in [2.24, 2.45) is 10.9 Å². The van der Waals surface area contributed by atoms with Crippen LogP contribution in [0, 0.1) is 5.92 Å². The van der Waals surface area contributed by atoms with Crippen molar-refractivity contribution >= 4 is 11.9 Å². The molecule has 0 aromatic heterocycles. The zero-order chi connectivity index (χ0) is 17.8. The van der Waals surface area contributed by atoms with Gasteiger partial charge in [-0.2, -0.15) is 0 Å². The molecule has 1 heterocycles. The van der Waals surface area contributed by atoms with Gasteiger partial charge in [0.15, 0.2) is 5.96 Å². The summed E-state index contributed by atoms with van der Waals surface area (Å²) in [6.45, 7) is 5.16. The molecule has 1 aliphatic rings. The zero-order valence-corrected chi connectivity index (χ0v) is 15.4. The Kier molecular flexibility index (Phi) is 10.4. The summed E-state index contributed by atoms with van der Waals surface area (Å²) in [5.41, 5.74) is 0. The Morgan fingerprint density at radius 2 is 2.00 bits per heavy atom. The topological polar surface area (TPSA) is 75.6 Å². The summed E-state index contributed by atoms with van der Waals surface area (Å²) in [7, 11) is 6.81. The monoisotopic (exact) mass is 344 g/mol. The van der Waals surface area contributed by atoms with Gasteiger partial charge in [-0.15, -0.1) is 0 Å². The van der Waals surface area contributed by atoms with Crippen LogP contribution in [-0.2, 0) is 19.0 Å². The van der Waals surface area contributed by atoms with E-state index >= 15 is 0 Å². The first-order valence-corrected chi connectivity index (χ1v) is 8.37. The summed E-state index contributed by atoms with van der Waals surface area (Å²) in [4.78, 5) is 20.0. The molecule has 1 saturated heterocycles. The lowest BCUT2D eigenvalue weighted by atomic mass is 10.1. The highest BCUT2D eigenvalue weighted by molar-refractivity contribution is 5.85. The number of carbonyl (C=O) groups is 1. The third-order valence-electron chi connectivity index (χ3n) is 3.82. The van der Waals surface area contributed by atoms with E-state index in [-0.39, 0.29) is 12.5 Å². The number of hydrogen-bond acceptors (Lipinski definition) is 5. The van der Waals surface area contributed by atoms with E-state index < -0.39 is 0 Å². The van der Waals surface area contributed by atoms with Gasteiger partial charge in [0.1, 0.15) is 6.54 Å². The first-order chi connectivity index (χ1) is 11.6. The number of nitrogens with zero attached hydrogens (tertiary/aromatic N) is 3. The number of rotatable bonds is 10. The van der Waals surface area contributed by atoms with E-state index in [1.807, 2.05) is 0 Å². The van der Waals surface area contributed by atoms with Crippen LogP contribution in [0.4, 0.5) is 0 Å². The molecule has 0 radical (unpaired) electrons. The molecule has 0 saturated carbocycles. The number of nitrogens with one attached hydrogen (secondary N) is 1. The Bertz CT molecular complexity index is 390. The Hall–Kier alpha value is -1.38. The van der Waals surface area contributed by atoms with Gasteiger partial charge in [-0.1, -0.05) is 0 Å². The molecule has 8 heteroatoms. The molecule has 0 aromatic carbocycles. The van der Waals surface area contributed by atoms with Crippen molar-refractivity contribution in [1.82, 2.24) is 15.1 Å². The minimum absolute atomic E-state index is 0.0142. The molecule has 0 aliphatic carbocycles. The molecule has 24 heavy (non-hydrogen) atoms. The minimum Gasteiger partial charge on any atom is -0.383 e. The van der Waals surface area contributed by atoms with Crippen LogP contribution in [0.3, 0.4) is 0 Å². The molecule has 140 valence electrons. The second-order valence-corrected chi connectivity index (χ2v) is 6.02. The van der Waals surface area contributed by atoms with Crippen molar-refractivity contribution in [3.63, 3.8) is 0 Å². The van der Waals surface area contributed by atoms with Gasteiger partial charge in [0.2, 0.25) is 5.91 Å². The molecule has 0 bridgehead atoms. The second-order valence-electron chi connectivity index (χ2n) is 6.02. The fourth-order valence-corrected chi connectivity index (χ4v) is 2.37. The number of likely N-dealkylation sites (N-methyl/N-ethyl adjacent to an activating group) is 1. The lowest BCUT2D eigenvalue weighted by Crippen LogP contribution is -2.42. The summed E-state index contributed by atoms with van der Waals surface area (Å²) in [5.74, 6) is 1.22.